The van der Waals surface area contributed by atoms with Gasteiger partial charge in [0.15, 0.2) is 5.96 Å². The number of carbonyl (C=O) groups is 1. The molecular formula is C23H34IN7O. The van der Waals surface area contributed by atoms with Crippen LogP contribution in [0.25, 0.3) is 0 Å². The van der Waals surface area contributed by atoms with E-state index < -0.39 is 0 Å². The van der Waals surface area contributed by atoms with Gasteiger partial charge in [0.2, 0.25) is 0 Å². The fourth-order valence-corrected chi connectivity index (χ4v) is 3.36. The number of benzene rings is 1. The van der Waals surface area contributed by atoms with Crippen molar-refractivity contribution in [3.8, 4) is 0 Å². The molecule has 0 atom stereocenters. The number of hydrogen-bond donors (Lipinski definition) is 2. The van der Waals surface area contributed by atoms with Crippen molar-refractivity contribution in [3.63, 3.8) is 0 Å². The zero-order chi connectivity index (χ0) is 22.2. The molecule has 0 spiro atoms. The molecule has 3 rings (SSSR count). The van der Waals surface area contributed by atoms with E-state index in [9.17, 15) is 4.79 Å². The number of carbonyl (C=O) groups excluding carboxylic acids is 1. The van der Waals surface area contributed by atoms with Gasteiger partial charge in [0, 0.05) is 72.2 Å². The zero-order valence-electron chi connectivity index (χ0n) is 19.3. The molecule has 2 aromatic rings. The molecule has 2 heterocycles. The Kier molecular flexibility index (Phi) is 10.2. The fourth-order valence-electron chi connectivity index (χ4n) is 3.36. The Bertz CT molecular complexity index is 876. The molecule has 32 heavy (non-hydrogen) atoms. The van der Waals surface area contributed by atoms with Crippen LogP contribution in [-0.4, -0.2) is 81.0 Å². The first-order valence-electron chi connectivity index (χ1n) is 10.6. The molecule has 1 aromatic heterocycles. The lowest BCUT2D eigenvalue weighted by Gasteiger charge is -2.33. The number of pyridine rings is 1. The topological polar surface area (TPSA) is 76.1 Å². The molecule has 0 radical (unpaired) electrons. The maximum atomic E-state index is 12.0. The molecule has 0 aliphatic carbocycles. The second-order valence-electron chi connectivity index (χ2n) is 7.99. The van der Waals surface area contributed by atoms with Gasteiger partial charge < -0.3 is 25.3 Å². The molecule has 1 fully saturated rings. The molecule has 174 valence electrons. The Morgan fingerprint density at radius 2 is 1.59 bits per heavy atom. The summed E-state index contributed by atoms with van der Waals surface area (Å²) in [5, 5.41) is 6.63. The quantitative estimate of drug-likeness (QED) is 0.325. The Morgan fingerprint density at radius 3 is 2.12 bits per heavy atom. The Morgan fingerprint density at radius 1 is 1.00 bits per heavy atom. The Balaban J connectivity index is 0.00000363. The predicted molar refractivity (Wildman–Crippen MR) is 141 cm³/mol. The average Bonchev–Trinajstić information content (AvgIpc) is 2.80. The summed E-state index contributed by atoms with van der Waals surface area (Å²) in [6.07, 6.45) is 1.93. The van der Waals surface area contributed by atoms with Crippen LogP contribution in [0.3, 0.4) is 0 Å². The van der Waals surface area contributed by atoms with Gasteiger partial charge in [-0.3, -0.25) is 9.79 Å². The van der Waals surface area contributed by atoms with Crippen LogP contribution in [0.15, 0.2) is 47.6 Å². The third-order valence-electron chi connectivity index (χ3n) is 5.39. The van der Waals surface area contributed by atoms with E-state index in [0.717, 1.165) is 49.1 Å². The van der Waals surface area contributed by atoms with Crippen LogP contribution in [0.4, 0.5) is 5.82 Å². The molecule has 0 bridgehead atoms. The van der Waals surface area contributed by atoms with Gasteiger partial charge in [-0.15, -0.1) is 24.0 Å². The molecule has 1 aliphatic heterocycles. The summed E-state index contributed by atoms with van der Waals surface area (Å²) >= 11 is 0. The normalized spacial score (nSPS) is 14.5. The molecule has 0 unspecified atom stereocenters. The van der Waals surface area contributed by atoms with Crippen LogP contribution in [-0.2, 0) is 13.1 Å². The minimum absolute atomic E-state index is 0. The molecule has 0 saturated carbocycles. The zero-order valence-corrected chi connectivity index (χ0v) is 21.7. The molecule has 1 amide bonds. The van der Waals surface area contributed by atoms with E-state index in [-0.39, 0.29) is 29.9 Å². The lowest BCUT2D eigenvalue weighted by molar-refractivity contribution is 0.0827. The molecule has 8 nitrogen and oxygen atoms in total. The molecule has 9 heteroatoms. The van der Waals surface area contributed by atoms with Gasteiger partial charge >= 0.3 is 0 Å². The van der Waals surface area contributed by atoms with Gasteiger partial charge in [-0.2, -0.15) is 0 Å². The maximum Gasteiger partial charge on any atom is 0.253 e. The smallest absolute Gasteiger partial charge is 0.253 e. The van der Waals surface area contributed by atoms with E-state index in [1.54, 1.807) is 26.0 Å². The first kappa shape index (κ1) is 25.9. The molecule has 1 aliphatic rings. The van der Waals surface area contributed by atoms with Crippen molar-refractivity contribution in [2.45, 2.75) is 13.1 Å². The van der Waals surface area contributed by atoms with Crippen molar-refractivity contribution < 1.29 is 4.79 Å². The minimum Gasteiger partial charge on any atom is -0.354 e. The fraction of sp³-hybridized carbons (Fsp3) is 0.435. The largest absolute Gasteiger partial charge is 0.354 e. The van der Waals surface area contributed by atoms with Crippen LogP contribution in [0.5, 0.6) is 0 Å². The van der Waals surface area contributed by atoms with E-state index in [2.05, 4.69) is 49.6 Å². The van der Waals surface area contributed by atoms with E-state index in [0.29, 0.717) is 18.7 Å². The van der Waals surface area contributed by atoms with Crippen molar-refractivity contribution >= 4 is 41.7 Å². The highest BCUT2D eigenvalue weighted by Crippen LogP contribution is 2.13. The Labute approximate surface area is 208 Å². The number of amides is 1. The Hall–Kier alpha value is -2.40. The number of aromatic nitrogens is 1. The number of rotatable bonds is 6. The summed E-state index contributed by atoms with van der Waals surface area (Å²) in [6.45, 7) is 5.44. The number of hydrogen-bond acceptors (Lipinski definition) is 5. The highest BCUT2D eigenvalue weighted by molar-refractivity contribution is 14.0. The van der Waals surface area contributed by atoms with E-state index in [4.69, 9.17) is 0 Å². The van der Waals surface area contributed by atoms with E-state index in [1.165, 1.54) is 0 Å². The summed E-state index contributed by atoms with van der Waals surface area (Å²) in [7, 11) is 7.41. The number of piperazine rings is 1. The second-order valence-corrected chi connectivity index (χ2v) is 7.99. The summed E-state index contributed by atoms with van der Waals surface area (Å²) in [4.78, 5) is 27.1. The number of aliphatic imine (C=N–C) groups is 1. The average molecular weight is 551 g/mol. The monoisotopic (exact) mass is 551 g/mol. The third kappa shape index (κ3) is 7.33. The summed E-state index contributed by atoms with van der Waals surface area (Å²) in [6, 6.07) is 11.8. The molecular weight excluding hydrogens is 517 g/mol. The lowest BCUT2D eigenvalue weighted by atomic mass is 10.1. The number of anilines is 1. The molecule has 1 aromatic carbocycles. The SMILES string of the molecule is CN=C(NCc1ccc(C(=O)N(C)C)cc1)NCc1ccc(N2CCN(C)CC2)nc1.I. The number of nitrogens with one attached hydrogen (secondary N) is 2. The summed E-state index contributed by atoms with van der Waals surface area (Å²) in [5.74, 6) is 1.76. The van der Waals surface area contributed by atoms with E-state index in [1.807, 2.05) is 30.5 Å². The number of guanidine groups is 1. The van der Waals surface area contributed by atoms with Crippen LogP contribution in [0, 0.1) is 0 Å². The predicted octanol–water partition coefficient (Wildman–Crippen LogP) is 2.02. The van der Waals surface area contributed by atoms with Gasteiger partial charge in [-0.1, -0.05) is 18.2 Å². The summed E-state index contributed by atoms with van der Waals surface area (Å²) in [5.41, 5.74) is 2.87. The maximum absolute atomic E-state index is 12.0. The van der Waals surface area contributed by atoms with Crippen molar-refractivity contribution in [3.05, 3.63) is 59.3 Å². The van der Waals surface area contributed by atoms with Gasteiger partial charge in [-0.05, 0) is 36.4 Å². The first-order valence-corrected chi connectivity index (χ1v) is 10.6. The standard InChI is InChI=1S/C23H33N7O.HI/c1-24-23(26-15-18-5-8-20(9-6-18)22(31)28(2)3)27-17-19-7-10-21(25-16-19)30-13-11-29(4)12-14-30;/h5-10,16H,11-15,17H2,1-4H3,(H2,24,26,27);1H. The number of nitrogens with zero attached hydrogens (tertiary/aromatic N) is 5. The van der Waals surface area contributed by atoms with Crippen LogP contribution in [0.2, 0.25) is 0 Å². The van der Waals surface area contributed by atoms with Crippen LogP contribution < -0.4 is 15.5 Å². The van der Waals surface area contributed by atoms with Gasteiger partial charge in [0.05, 0.1) is 0 Å². The van der Waals surface area contributed by atoms with Crippen molar-refractivity contribution in [2.24, 2.45) is 4.99 Å². The first-order chi connectivity index (χ1) is 15.0. The van der Waals surface area contributed by atoms with E-state index >= 15 is 0 Å². The van der Waals surface area contributed by atoms with Crippen molar-refractivity contribution in [1.82, 2.24) is 25.4 Å². The highest BCUT2D eigenvalue weighted by Gasteiger charge is 2.15. The van der Waals surface area contributed by atoms with Crippen LogP contribution in [0.1, 0.15) is 21.5 Å². The highest BCUT2D eigenvalue weighted by atomic mass is 127. The lowest BCUT2D eigenvalue weighted by Crippen LogP contribution is -2.44. The van der Waals surface area contributed by atoms with Gasteiger partial charge in [-0.25, -0.2) is 4.98 Å². The molecule has 1 saturated heterocycles. The molecule has 2 N–H and O–H groups in total. The van der Waals surface area contributed by atoms with Crippen LogP contribution >= 0.6 is 24.0 Å². The number of halogens is 1. The second kappa shape index (κ2) is 12.6. The van der Waals surface area contributed by atoms with Gasteiger partial charge in [0.1, 0.15) is 5.82 Å². The van der Waals surface area contributed by atoms with Gasteiger partial charge in [0.25, 0.3) is 5.91 Å². The number of likely N-dealkylation sites (N-methyl/N-ethyl adjacent to an activating group) is 1. The third-order valence-corrected chi connectivity index (χ3v) is 5.39. The van der Waals surface area contributed by atoms with Crippen molar-refractivity contribution in [2.75, 3.05) is 59.3 Å². The van der Waals surface area contributed by atoms with Crippen molar-refractivity contribution in [1.29, 1.82) is 0 Å². The minimum atomic E-state index is 0. The summed E-state index contributed by atoms with van der Waals surface area (Å²) < 4.78 is 0.